The number of H-pyrrole nitrogens is 1. The lowest BCUT2D eigenvalue weighted by Gasteiger charge is -2.34. The summed E-state index contributed by atoms with van der Waals surface area (Å²) in [7, 11) is 1.60. The van der Waals surface area contributed by atoms with Crippen LogP contribution in [0.5, 0.6) is 0 Å². The van der Waals surface area contributed by atoms with Crippen LogP contribution in [-0.2, 0) is 29.6 Å². The fourth-order valence-corrected chi connectivity index (χ4v) is 3.90. The molecule has 4 rings (SSSR count). The topological polar surface area (TPSA) is 100 Å². The molecular formula is C21H20ClN5O3. The van der Waals surface area contributed by atoms with Crippen molar-refractivity contribution < 1.29 is 9.59 Å². The Kier molecular flexibility index (Phi) is 5.41. The molecular weight excluding hydrogens is 406 g/mol. The lowest BCUT2D eigenvalue weighted by atomic mass is 9.92. The van der Waals surface area contributed by atoms with Crippen molar-refractivity contribution in [1.82, 2.24) is 25.0 Å². The van der Waals surface area contributed by atoms with Crippen LogP contribution in [0.4, 0.5) is 0 Å². The quantitative estimate of drug-likeness (QED) is 0.647. The predicted molar refractivity (Wildman–Crippen MR) is 111 cm³/mol. The maximum Gasteiger partial charge on any atom is 0.272 e. The Hall–Kier alpha value is -3.39. The average molecular weight is 426 g/mol. The van der Waals surface area contributed by atoms with Crippen molar-refractivity contribution >= 4 is 23.4 Å². The van der Waals surface area contributed by atoms with Gasteiger partial charge in [0.2, 0.25) is 11.8 Å². The second-order valence-electron chi connectivity index (χ2n) is 7.12. The van der Waals surface area contributed by atoms with Crippen molar-refractivity contribution in [3.8, 4) is 0 Å². The zero-order valence-electron chi connectivity index (χ0n) is 16.3. The van der Waals surface area contributed by atoms with E-state index in [1.165, 1.54) is 9.58 Å². The highest BCUT2D eigenvalue weighted by molar-refractivity contribution is 6.30. The number of hydrogen-bond donors (Lipinski definition) is 2. The number of aromatic amines is 1. The molecule has 3 aromatic rings. The molecule has 0 spiro atoms. The lowest BCUT2D eigenvalue weighted by Crippen LogP contribution is -2.47. The van der Waals surface area contributed by atoms with Gasteiger partial charge in [0, 0.05) is 18.3 Å². The van der Waals surface area contributed by atoms with E-state index in [9.17, 15) is 14.4 Å². The average Bonchev–Trinajstić information content (AvgIpc) is 3.01. The van der Waals surface area contributed by atoms with Crippen LogP contribution in [0.1, 0.15) is 28.6 Å². The zero-order chi connectivity index (χ0) is 21.3. The van der Waals surface area contributed by atoms with E-state index < -0.39 is 6.04 Å². The van der Waals surface area contributed by atoms with Crippen molar-refractivity contribution in [3.63, 3.8) is 0 Å². The number of hydrogen-bond acceptors (Lipinski definition) is 4. The molecule has 3 heterocycles. The van der Waals surface area contributed by atoms with E-state index in [1.807, 2.05) is 6.07 Å². The van der Waals surface area contributed by atoms with Crippen LogP contribution < -0.4 is 10.9 Å². The molecule has 0 radical (unpaired) electrons. The molecule has 2 aromatic heterocycles. The van der Waals surface area contributed by atoms with Crippen molar-refractivity contribution in [2.24, 2.45) is 7.05 Å². The molecule has 1 unspecified atom stereocenters. The van der Waals surface area contributed by atoms with Gasteiger partial charge in [0.05, 0.1) is 36.0 Å². The van der Waals surface area contributed by atoms with Gasteiger partial charge in [-0.05, 0) is 29.8 Å². The van der Waals surface area contributed by atoms with Gasteiger partial charge in [0.1, 0.15) is 6.54 Å². The number of pyridine rings is 1. The molecule has 30 heavy (non-hydrogen) atoms. The molecule has 2 N–H and O–H groups in total. The molecule has 0 bridgehead atoms. The van der Waals surface area contributed by atoms with Crippen LogP contribution in [0.15, 0.2) is 53.5 Å². The first kappa shape index (κ1) is 19.9. The van der Waals surface area contributed by atoms with Gasteiger partial charge in [0.15, 0.2) is 0 Å². The zero-order valence-corrected chi connectivity index (χ0v) is 17.0. The Morgan fingerprint density at radius 2 is 2.10 bits per heavy atom. The van der Waals surface area contributed by atoms with Crippen LogP contribution >= 0.6 is 11.6 Å². The standard InChI is InChI=1S/C21H20ClN5O3/c1-26-21(30)19-16(25-26)10-18(29)27(20(19)13-5-4-6-14(22)9-13)12-17(28)24-11-15-7-2-3-8-23-15/h2-9,20,25H,10-12H2,1H3,(H,24,28). The number of halogens is 1. The first-order valence-corrected chi connectivity index (χ1v) is 9.81. The number of rotatable bonds is 5. The summed E-state index contributed by atoms with van der Waals surface area (Å²) in [5.74, 6) is -0.584. The highest BCUT2D eigenvalue weighted by Gasteiger charge is 2.38. The van der Waals surface area contributed by atoms with E-state index in [0.717, 1.165) is 0 Å². The van der Waals surface area contributed by atoms with Crippen molar-refractivity contribution in [1.29, 1.82) is 0 Å². The van der Waals surface area contributed by atoms with E-state index in [0.29, 0.717) is 27.5 Å². The largest absolute Gasteiger partial charge is 0.349 e. The number of benzene rings is 1. The van der Waals surface area contributed by atoms with Gasteiger partial charge >= 0.3 is 0 Å². The van der Waals surface area contributed by atoms with Gasteiger partial charge in [-0.2, -0.15) is 0 Å². The number of amides is 2. The molecule has 2 amide bonds. The summed E-state index contributed by atoms with van der Waals surface area (Å²) in [5.41, 5.74) is 2.16. The van der Waals surface area contributed by atoms with Crippen molar-refractivity contribution in [2.45, 2.75) is 19.0 Å². The summed E-state index contributed by atoms with van der Waals surface area (Å²) in [6, 6.07) is 11.7. The highest BCUT2D eigenvalue weighted by atomic mass is 35.5. The number of carbonyl (C=O) groups excluding carboxylic acids is 2. The van der Waals surface area contributed by atoms with Gasteiger partial charge in [0.25, 0.3) is 5.56 Å². The van der Waals surface area contributed by atoms with Gasteiger partial charge in [-0.3, -0.25) is 29.1 Å². The van der Waals surface area contributed by atoms with E-state index in [-0.39, 0.29) is 36.9 Å². The Morgan fingerprint density at radius 1 is 1.27 bits per heavy atom. The van der Waals surface area contributed by atoms with Gasteiger partial charge in [-0.1, -0.05) is 29.8 Å². The highest BCUT2D eigenvalue weighted by Crippen LogP contribution is 2.34. The number of aromatic nitrogens is 3. The van der Waals surface area contributed by atoms with E-state index in [2.05, 4.69) is 15.4 Å². The normalized spacial score (nSPS) is 15.7. The molecule has 154 valence electrons. The summed E-state index contributed by atoms with van der Waals surface area (Å²) >= 11 is 6.16. The van der Waals surface area contributed by atoms with Gasteiger partial charge in [-0.25, -0.2) is 0 Å². The SMILES string of the molecule is Cn1[nH]c2c(c1=O)C(c1cccc(Cl)c1)N(CC(=O)NCc1ccccn1)C(=O)C2. The van der Waals surface area contributed by atoms with E-state index in [1.54, 1.807) is 49.6 Å². The second-order valence-corrected chi connectivity index (χ2v) is 7.56. The van der Waals surface area contributed by atoms with Crippen molar-refractivity contribution in [2.75, 3.05) is 6.54 Å². The van der Waals surface area contributed by atoms with E-state index in [4.69, 9.17) is 11.6 Å². The van der Waals surface area contributed by atoms with Crippen LogP contribution in [0.25, 0.3) is 0 Å². The molecule has 0 fully saturated rings. The molecule has 1 atom stereocenters. The van der Waals surface area contributed by atoms with Crippen LogP contribution in [0, 0.1) is 0 Å². The molecule has 8 nitrogen and oxygen atoms in total. The van der Waals surface area contributed by atoms with Gasteiger partial charge in [-0.15, -0.1) is 0 Å². The van der Waals surface area contributed by atoms with Gasteiger partial charge < -0.3 is 10.2 Å². The summed E-state index contributed by atoms with van der Waals surface area (Å²) in [4.78, 5) is 43.9. The monoisotopic (exact) mass is 425 g/mol. The maximum atomic E-state index is 12.9. The number of carbonyl (C=O) groups is 2. The Labute approximate surface area is 177 Å². The molecule has 1 aromatic carbocycles. The molecule has 9 heteroatoms. The van der Waals surface area contributed by atoms with Crippen molar-refractivity contribution in [3.05, 3.63) is 86.6 Å². The third-order valence-corrected chi connectivity index (χ3v) is 5.30. The predicted octanol–water partition coefficient (Wildman–Crippen LogP) is 1.55. The number of aryl methyl sites for hydroxylation is 1. The van der Waals surface area contributed by atoms with Crippen LogP contribution in [-0.4, -0.2) is 38.0 Å². The summed E-state index contributed by atoms with van der Waals surface area (Å²) in [6.07, 6.45) is 1.67. The minimum absolute atomic E-state index is 0.0238. The summed E-state index contributed by atoms with van der Waals surface area (Å²) < 4.78 is 1.35. The Morgan fingerprint density at radius 3 is 2.83 bits per heavy atom. The first-order valence-electron chi connectivity index (χ1n) is 9.43. The van der Waals surface area contributed by atoms with Crippen LogP contribution in [0.2, 0.25) is 5.02 Å². The maximum absolute atomic E-state index is 12.9. The first-order chi connectivity index (χ1) is 14.4. The fraction of sp³-hybridized carbons (Fsp3) is 0.238. The summed E-state index contributed by atoms with van der Waals surface area (Å²) in [6.45, 7) is 0.0668. The smallest absolute Gasteiger partial charge is 0.272 e. The molecule has 0 aliphatic carbocycles. The van der Waals surface area contributed by atoms with E-state index >= 15 is 0 Å². The fourth-order valence-electron chi connectivity index (χ4n) is 3.70. The molecule has 0 saturated carbocycles. The summed E-state index contributed by atoms with van der Waals surface area (Å²) in [5, 5.41) is 6.21. The second kappa shape index (κ2) is 8.16. The Balaban J connectivity index is 1.64. The number of fused-ring (bicyclic) bond motifs is 1. The minimum Gasteiger partial charge on any atom is -0.349 e. The Bertz CT molecular complexity index is 1150. The molecule has 0 saturated heterocycles. The van der Waals surface area contributed by atoms with Crippen LogP contribution in [0.3, 0.4) is 0 Å². The third-order valence-electron chi connectivity index (χ3n) is 5.07. The third kappa shape index (κ3) is 3.86. The number of nitrogens with one attached hydrogen (secondary N) is 2. The molecule has 1 aliphatic rings. The molecule has 1 aliphatic heterocycles. The minimum atomic E-state index is -0.703. The lowest BCUT2D eigenvalue weighted by molar-refractivity contribution is -0.138. The number of nitrogens with zero attached hydrogens (tertiary/aromatic N) is 3.